The molecule has 2 N–H and O–H groups in total. The number of rotatable bonds is 1. The summed E-state index contributed by atoms with van der Waals surface area (Å²) in [6, 6.07) is 5.80. The van der Waals surface area contributed by atoms with Crippen molar-refractivity contribution in [3.63, 3.8) is 0 Å². The molecule has 0 radical (unpaired) electrons. The van der Waals surface area contributed by atoms with Crippen molar-refractivity contribution in [3.8, 4) is 6.07 Å². The van der Waals surface area contributed by atoms with E-state index >= 15 is 0 Å². The van der Waals surface area contributed by atoms with Crippen molar-refractivity contribution in [3.05, 3.63) is 52.3 Å². The van der Waals surface area contributed by atoms with Gasteiger partial charge >= 0.3 is 5.71 Å². The van der Waals surface area contributed by atoms with Crippen LogP contribution in [0.1, 0.15) is 21.9 Å². The number of aliphatic hydroxyl groups excluding tert-OH is 1. The monoisotopic (exact) mass is 277 g/mol. The second-order valence-electron chi connectivity index (χ2n) is 3.85. The fourth-order valence-corrected chi connectivity index (χ4v) is 2.70. The first-order valence-corrected chi connectivity index (χ1v) is 6.52. The highest BCUT2D eigenvalue weighted by atomic mass is 32.2. The smallest absolute Gasteiger partial charge is 0.363 e. The first kappa shape index (κ1) is 13.0. The van der Waals surface area contributed by atoms with Gasteiger partial charge in [-0.2, -0.15) is 18.5 Å². The lowest BCUT2D eigenvalue weighted by molar-refractivity contribution is -0.00667. The molecule has 0 saturated carbocycles. The number of nitriles is 1. The predicted molar refractivity (Wildman–Crippen MR) is 63.9 cm³/mol. The zero-order valence-corrected chi connectivity index (χ0v) is 10.2. The van der Waals surface area contributed by atoms with Crippen LogP contribution < -0.4 is 0 Å². The first-order valence-electron chi connectivity index (χ1n) is 5.02. The van der Waals surface area contributed by atoms with E-state index in [2.05, 4.69) is 4.79 Å². The molecule has 2 rings (SSSR count). The van der Waals surface area contributed by atoms with Gasteiger partial charge in [-0.3, -0.25) is 4.55 Å². The van der Waals surface area contributed by atoms with E-state index < -0.39 is 21.1 Å². The minimum atomic E-state index is -4.51. The summed E-state index contributed by atoms with van der Waals surface area (Å²) < 4.78 is 31.8. The highest BCUT2D eigenvalue weighted by Crippen LogP contribution is 2.33. The van der Waals surface area contributed by atoms with E-state index in [1.54, 1.807) is 0 Å². The van der Waals surface area contributed by atoms with E-state index in [0.717, 1.165) is 6.08 Å². The Morgan fingerprint density at radius 3 is 2.63 bits per heavy atom. The molecule has 0 spiro atoms. The Balaban J connectivity index is 2.82. The number of hydrogen-bond acceptors (Lipinski definition) is 4. The molecule has 1 aromatic carbocycles. The van der Waals surface area contributed by atoms with Gasteiger partial charge < -0.3 is 10.6 Å². The van der Waals surface area contributed by atoms with Gasteiger partial charge in [-0.15, -0.1) is 0 Å². The third-order valence-electron chi connectivity index (χ3n) is 2.72. The van der Waals surface area contributed by atoms with Crippen LogP contribution in [0.25, 0.3) is 5.53 Å². The number of hydrogen-bond donors (Lipinski definition) is 2. The van der Waals surface area contributed by atoms with Crippen molar-refractivity contribution in [1.29, 1.82) is 5.26 Å². The summed E-state index contributed by atoms with van der Waals surface area (Å²) >= 11 is 0. The van der Waals surface area contributed by atoms with Crippen molar-refractivity contribution in [2.24, 2.45) is 0 Å². The molecule has 19 heavy (non-hydrogen) atoms. The summed E-state index contributed by atoms with van der Waals surface area (Å²) in [4.78, 5) is 2.88. The van der Waals surface area contributed by atoms with E-state index in [1.165, 1.54) is 18.2 Å². The Hall–Kier alpha value is -2.46. The van der Waals surface area contributed by atoms with Crippen molar-refractivity contribution < 1.29 is 22.9 Å². The van der Waals surface area contributed by atoms with E-state index in [-0.39, 0.29) is 22.4 Å². The average molecular weight is 277 g/mol. The molecule has 1 atom stereocenters. The SMILES string of the molecule is N#Cc1ccc2c(c1)C(S(=O)(=O)O)C=C(O)C2=[N+]=[N-]. The molecule has 0 fully saturated rings. The third-order valence-corrected chi connectivity index (χ3v) is 3.75. The van der Waals surface area contributed by atoms with Gasteiger partial charge in [-0.25, -0.2) is 0 Å². The van der Waals surface area contributed by atoms with Gasteiger partial charge in [0.25, 0.3) is 10.1 Å². The Labute approximate surface area is 108 Å². The zero-order chi connectivity index (χ0) is 14.2. The number of benzene rings is 1. The standard InChI is InChI=1S/C11H7N3O4S/c12-5-6-1-2-7-8(3-6)10(19(16,17)18)4-9(15)11(7)14-13/h1-4,10,15H,(H,16,17,18). The minimum Gasteiger partial charge on any atom is -0.502 e. The fraction of sp³-hybridized carbons (Fsp3) is 0.0909. The molecule has 0 heterocycles. The van der Waals surface area contributed by atoms with Crippen LogP contribution in [0.15, 0.2) is 30.0 Å². The summed E-state index contributed by atoms with van der Waals surface area (Å²) in [7, 11) is -4.51. The Morgan fingerprint density at radius 2 is 2.11 bits per heavy atom. The lowest BCUT2D eigenvalue weighted by atomic mass is 9.92. The maximum Gasteiger partial charge on any atom is 0.363 e. The average Bonchev–Trinajstić information content (AvgIpc) is 2.36. The number of fused-ring (bicyclic) bond motifs is 1. The molecular formula is C11H7N3O4S. The number of allylic oxidation sites excluding steroid dienone is 1. The van der Waals surface area contributed by atoms with Crippen LogP contribution in [0, 0.1) is 11.3 Å². The molecular weight excluding hydrogens is 270 g/mol. The third kappa shape index (κ3) is 2.13. The molecule has 96 valence electrons. The summed E-state index contributed by atoms with van der Waals surface area (Å²) in [5.41, 5.74) is 8.98. The Bertz CT molecular complexity index is 783. The summed E-state index contributed by atoms with van der Waals surface area (Å²) in [5, 5.41) is 16.9. The predicted octanol–water partition coefficient (Wildman–Crippen LogP) is 0.962. The normalized spacial score (nSPS) is 18.0. The Kier molecular flexibility index (Phi) is 2.96. The molecule has 1 aliphatic rings. The second kappa shape index (κ2) is 4.33. The molecule has 1 aromatic rings. The van der Waals surface area contributed by atoms with Crippen molar-refractivity contribution >= 4 is 15.8 Å². The van der Waals surface area contributed by atoms with Gasteiger partial charge in [-0.1, -0.05) is 0 Å². The first-order chi connectivity index (χ1) is 8.88. The lowest BCUT2D eigenvalue weighted by Crippen LogP contribution is -2.22. The summed E-state index contributed by atoms with van der Waals surface area (Å²) in [6.07, 6.45) is 0.841. The fourth-order valence-electron chi connectivity index (χ4n) is 1.88. The molecule has 0 amide bonds. The maximum atomic E-state index is 11.3. The molecule has 0 aliphatic heterocycles. The maximum absolute atomic E-state index is 11.3. The molecule has 8 heteroatoms. The summed E-state index contributed by atoms with van der Waals surface area (Å²) in [6.45, 7) is 0. The van der Waals surface area contributed by atoms with Crippen LogP contribution in [0.5, 0.6) is 0 Å². The van der Waals surface area contributed by atoms with Crippen LogP contribution in [0.4, 0.5) is 0 Å². The molecule has 7 nitrogen and oxygen atoms in total. The van der Waals surface area contributed by atoms with Crippen LogP contribution >= 0.6 is 0 Å². The highest BCUT2D eigenvalue weighted by Gasteiger charge is 2.37. The molecule has 1 aliphatic carbocycles. The molecule has 0 aromatic heterocycles. The van der Waals surface area contributed by atoms with Crippen molar-refractivity contribution in [2.75, 3.05) is 0 Å². The van der Waals surface area contributed by atoms with E-state index in [9.17, 15) is 13.5 Å². The van der Waals surface area contributed by atoms with Gasteiger partial charge in [0, 0.05) is 0 Å². The summed E-state index contributed by atoms with van der Waals surface area (Å²) in [5.74, 6) is -0.567. The largest absolute Gasteiger partial charge is 0.502 e. The van der Waals surface area contributed by atoms with E-state index in [1.807, 2.05) is 6.07 Å². The topological polar surface area (TPSA) is 135 Å². The van der Waals surface area contributed by atoms with Crippen LogP contribution in [-0.4, -0.2) is 28.6 Å². The minimum absolute atomic E-state index is 0.0622. The van der Waals surface area contributed by atoms with E-state index in [0.29, 0.717) is 0 Å². The Morgan fingerprint density at radius 1 is 1.42 bits per heavy atom. The van der Waals surface area contributed by atoms with Crippen LogP contribution in [-0.2, 0) is 10.1 Å². The molecule has 0 saturated heterocycles. The van der Waals surface area contributed by atoms with Gasteiger partial charge in [-0.05, 0) is 29.8 Å². The van der Waals surface area contributed by atoms with Crippen molar-refractivity contribution in [1.82, 2.24) is 0 Å². The van der Waals surface area contributed by atoms with Gasteiger partial charge in [0.2, 0.25) is 5.76 Å². The number of aliphatic hydroxyl groups is 1. The number of nitrogens with zero attached hydrogens (tertiary/aromatic N) is 3. The van der Waals surface area contributed by atoms with Crippen molar-refractivity contribution in [2.45, 2.75) is 5.25 Å². The molecule has 1 unspecified atom stereocenters. The highest BCUT2D eigenvalue weighted by molar-refractivity contribution is 7.86. The van der Waals surface area contributed by atoms with Crippen LogP contribution in [0.2, 0.25) is 0 Å². The van der Waals surface area contributed by atoms with Gasteiger partial charge in [0.1, 0.15) is 5.25 Å². The lowest BCUT2D eigenvalue weighted by Gasteiger charge is -2.17. The van der Waals surface area contributed by atoms with Crippen LogP contribution in [0.3, 0.4) is 0 Å². The van der Waals surface area contributed by atoms with Gasteiger partial charge in [0.15, 0.2) is 0 Å². The van der Waals surface area contributed by atoms with Gasteiger partial charge in [0.05, 0.1) is 17.2 Å². The quantitative estimate of drug-likeness (QED) is 0.447. The zero-order valence-electron chi connectivity index (χ0n) is 9.35. The second-order valence-corrected chi connectivity index (χ2v) is 5.39. The molecule has 0 bridgehead atoms. The van der Waals surface area contributed by atoms with E-state index in [4.69, 9.17) is 15.3 Å².